The van der Waals surface area contributed by atoms with Crippen LogP contribution in [0, 0.1) is 0 Å². The lowest BCUT2D eigenvalue weighted by Crippen LogP contribution is -2.02. The summed E-state index contributed by atoms with van der Waals surface area (Å²) in [5, 5.41) is 4.53. The van der Waals surface area contributed by atoms with Gasteiger partial charge < -0.3 is 4.74 Å². The van der Waals surface area contributed by atoms with Gasteiger partial charge in [-0.05, 0) is 48.5 Å². The van der Waals surface area contributed by atoms with Gasteiger partial charge in [-0.25, -0.2) is 26.9 Å². The van der Waals surface area contributed by atoms with Gasteiger partial charge in [-0.3, -0.25) is 0 Å². The van der Waals surface area contributed by atoms with Gasteiger partial charge >= 0.3 is 0 Å². The zero-order chi connectivity index (χ0) is 20.8. The lowest BCUT2D eigenvalue weighted by Gasteiger charge is -2.06. The number of hydrogen-bond acceptors (Lipinski definition) is 6. The zero-order valence-electron chi connectivity index (χ0n) is 15.3. The van der Waals surface area contributed by atoms with Crippen LogP contribution < -0.4 is 4.74 Å². The Hall–Kier alpha value is -2.85. The summed E-state index contributed by atoms with van der Waals surface area (Å²) >= 11 is 1.33. The minimum atomic E-state index is -3.37. The average Bonchev–Trinajstić information content (AvgIpc) is 3.31. The summed E-state index contributed by atoms with van der Waals surface area (Å²) < 4.78 is 57.4. The SMILES string of the molecule is COc1ccc2nc(-c3cc(C(F)F)nn3-c3ccc(S(C)(=O)=O)cc3)sc2c1. The van der Waals surface area contributed by atoms with Crippen LogP contribution in [0.5, 0.6) is 5.75 Å². The second-order valence-electron chi connectivity index (χ2n) is 6.29. The first-order valence-corrected chi connectivity index (χ1v) is 11.1. The van der Waals surface area contributed by atoms with E-state index in [9.17, 15) is 17.2 Å². The van der Waals surface area contributed by atoms with E-state index in [1.165, 1.54) is 46.4 Å². The van der Waals surface area contributed by atoms with E-state index in [0.717, 1.165) is 11.0 Å². The molecule has 0 spiro atoms. The lowest BCUT2D eigenvalue weighted by molar-refractivity contribution is 0.145. The molecule has 0 atom stereocenters. The maximum atomic E-state index is 13.3. The average molecular weight is 435 g/mol. The fourth-order valence-electron chi connectivity index (χ4n) is 2.83. The topological polar surface area (TPSA) is 74.1 Å². The molecule has 0 saturated carbocycles. The van der Waals surface area contributed by atoms with E-state index in [-0.39, 0.29) is 10.6 Å². The van der Waals surface area contributed by atoms with Crippen molar-refractivity contribution in [1.82, 2.24) is 14.8 Å². The first-order chi connectivity index (χ1) is 13.8. The standard InChI is InChI=1S/C19H15F2N3O3S2/c1-27-12-5-8-14-17(9-12)28-19(22-14)16-10-15(18(20)21)23-24(16)11-3-6-13(7-4-11)29(2,25)26/h3-10,18H,1-2H3. The highest BCUT2D eigenvalue weighted by atomic mass is 32.2. The summed E-state index contributed by atoms with van der Waals surface area (Å²) in [6, 6.07) is 12.6. The number of fused-ring (bicyclic) bond motifs is 1. The van der Waals surface area contributed by atoms with Crippen molar-refractivity contribution in [2.75, 3.05) is 13.4 Å². The fraction of sp³-hybridized carbons (Fsp3) is 0.158. The third-order valence-electron chi connectivity index (χ3n) is 4.28. The Kier molecular flexibility index (Phi) is 4.83. The van der Waals surface area contributed by atoms with Crippen LogP contribution >= 0.6 is 11.3 Å². The molecule has 0 fully saturated rings. The highest BCUT2D eigenvalue weighted by Gasteiger charge is 2.20. The molecule has 2 heterocycles. The number of ether oxygens (including phenoxy) is 1. The Balaban J connectivity index is 1.85. The highest BCUT2D eigenvalue weighted by Crippen LogP contribution is 2.35. The summed E-state index contributed by atoms with van der Waals surface area (Å²) in [7, 11) is -1.81. The quantitative estimate of drug-likeness (QED) is 0.462. The largest absolute Gasteiger partial charge is 0.497 e. The van der Waals surface area contributed by atoms with Crippen LogP contribution in [0.3, 0.4) is 0 Å². The highest BCUT2D eigenvalue weighted by molar-refractivity contribution is 7.90. The van der Waals surface area contributed by atoms with E-state index in [2.05, 4.69) is 10.1 Å². The molecule has 29 heavy (non-hydrogen) atoms. The molecule has 4 rings (SSSR count). The van der Waals surface area contributed by atoms with E-state index in [1.54, 1.807) is 19.2 Å². The van der Waals surface area contributed by atoms with Crippen LogP contribution in [-0.2, 0) is 9.84 Å². The number of thiazole rings is 1. The number of rotatable bonds is 5. The van der Waals surface area contributed by atoms with Gasteiger partial charge in [-0.2, -0.15) is 5.10 Å². The number of halogens is 2. The van der Waals surface area contributed by atoms with Crippen molar-refractivity contribution in [1.29, 1.82) is 0 Å². The molecule has 2 aromatic carbocycles. The van der Waals surface area contributed by atoms with Crippen molar-refractivity contribution in [2.24, 2.45) is 0 Å². The Morgan fingerprint density at radius 2 is 1.83 bits per heavy atom. The third kappa shape index (κ3) is 3.73. The molecule has 0 aliphatic heterocycles. The number of methoxy groups -OCH3 is 1. The molecule has 6 nitrogen and oxygen atoms in total. The summed E-state index contributed by atoms with van der Waals surface area (Å²) in [5.74, 6) is 0.672. The fourth-order valence-corrected chi connectivity index (χ4v) is 4.46. The van der Waals surface area contributed by atoms with Crippen molar-refractivity contribution < 1.29 is 21.9 Å². The summed E-state index contributed by atoms with van der Waals surface area (Å²) in [4.78, 5) is 4.67. The minimum absolute atomic E-state index is 0.135. The van der Waals surface area contributed by atoms with Crippen LogP contribution in [0.25, 0.3) is 26.6 Å². The molecule has 10 heteroatoms. The molecule has 0 N–H and O–H groups in total. The molecular formula is C19H15F2N3O3S2. The van der Waals surface area contributed by atoms with Crippen molar-refractivity contribution in [3.8, 4) is 22.1 Å². The molecule has 0 radical (unpaired) electrons. The summed E-state index contributed by atoms with van der Waals surface area (Å²) in [6.45, 7) is 0. The number of benzene rings is 2. The second kappa shape index (κ2) is 7.20. The van der Waals surface area contributed by atoms with Gasteiger partial charge in [0, 0.05) is 6.26 Å². The second-order valence-corrected chi connectivity index (χ2v) is 9.33. The summed E-state index contributed by atoms with van der Waals surface area (Å²) in [5.41, 5.74) is 1.18. The monoisotopic (exact) mass is 435 g/mol. The maximum absolute atomic E-state index is 13.3. The van der Waals surface area contributed by atoms with Crippen LogP contribution in [-0.4, -0.2) is 36.5 Å². The number of hydrogen-bond donors (Lipinski definition) is 0. The maximum Gasteiger partial charge on any atom is 0.282 e. The first kappa shape index (κ1) is 19.5. The van der Waals surface area contributed by atoms with Crippen molar-refractivity contribution in [2.45, 2.75) is 11.3 Å². The van der Waals surface area contributed by atoms with Gasteiger partial charge in [0.15, 0.2) is 9.84 Å². The number of alkyl halides is 2. The molecule has 0 amide bonds. The predicted molar refractivity (Wildman–Crippen MR) is 107 cm³/mol. The van der Waals surface area contributed by atoms with E-state index < -0.39 is 16.3 Å². The van der Waals surface area contributed by atoms with Crippen molar-refractivity contribution >= 4 is 31.4 Å². The molecule has 0 aliphatic rings. The van der Waals surface area contributed by atoms with E-state index in [1.807, 2.05) is 6.07 Å². The molecule has 0 saturated heterocycles. The van der Waals surface area contributed by atoms with Crippen LogP contribution in [0.2, 0.25) is 0 Å². The molecule has 2 aromatic heterocycles. The lowest BCUT2D eigenvalue weighted by atomic mass is 10.3. The van der Waals surface area contributed by atoms with Gasteiger partial charge in [-0.15, -0.1) is 11.3 Å². The number of aromatic nitrogens is 3. The molecule has 0 bridgehead atoms. The Labute approximate surface area is 169 Å². The van der Waals surface area contributed by atoms with Crippen LogP contribution in [0.15, 0.2) is 53.4 Å². The van der Waals surface area contributed by atoms with E-state index in [0.29, 0.717) is 27.7 Å². The van der Waals surface area contributed by atoms with Gasteiger partial charge in [0.2, 0.25) is 0 Å². The van der Waals surface area contributed by atoms with Crippen molar-refractivity contribution in [3.05, 3.63) is 54.2 Å². The Morgan fingerprint density at radius 1 is 1.10 bits per heavy atom. The Morgan fingerprint density at radius 3 is 2.45 bits per heavy atom. The van der Waals surface area contributed by atoms with E-state index >= 15 is 0 Å². The normalized spacial score (nSPS) is 12.0. The van der Waals surface area contributed by atoms with E-state index in [4.69, 9.17) is 4.74 Å². The third-order valence-corrected chi connectivity index (χ3v) is 6.45. The Bertz CT molecular complexity index is 1300. The summed E-state index contributed by atoms with van der Waals surface area (Å²) in [6.07, 6.45) is -1.65. The molecule has 0 aliphatic carbocycles. The number of nitrogens with zero attached hydrogens (tertiary/aromatic N) is 3. The molecular weight excluding hydrogens is 420 g/mol. The van der Waals surface area contributed by atoms with Crippen LogP contribution in [0.4, 0.5) is 8.78 Å². The van der Waals surface area contributed by atoms with Gasteiger partial charge in [0.1, 0.15) is 22.1 Å². The van der Waals surface area contributed by atoms with Gasteiger partial charge in [0.25, 0.3) is 6.43 Å². The van der Waals surface area contributed by atoms with Gasteiger partial charge in [0.05, 0.1) is 27.9 Å². The smallest absolute Gasteiger partial charge is 0.282 e. The first-order valence-electron chi connectivity index (χ1n) is 8.40. The zero-order valence-corrected chi connectivity index (χ0v) is 17.0. The van der Waals surface area contributed by atoms with Gasteiger partial charge in [-0.1, -0.05) is 0 Å². The molecule has 0 unspecified atom stereocenters. The predicted octanol–water partition coefficient (Wildman–Crippen LogP) is 4.50. The molecule has 4 aromatic rings. The minimum Gasteiger partial charge on any atom is -0.497 e. The van der Waals surface area contributed by atoms with Crippen molar-refractivity contribution in [3.63, 3.8) is 0 Å². The molecule has 150 valence electrons. The number of sulfone groups is 1. The van der Waals surface area contributed by atoms with Crippen LogP contribution in [0.1, 0.15) is 12.1 Å².